The Kier molecular flexibility index (Phi) is 2.87. The normalized spacial score (nSPS) is 14.4. The van der Waals surface area contributed by atoms with Crippen LogP contribution in [0.1, 0.15) is 16.2 Å². The Hall–Kier alpha value is -1.69. The maximum absolute atomic E-state index is 11.1. The molecule has 2 aromatic rings. The Morgan fingerprint density at radius 2 is 2.22 bits per heavy atom. The zero-order valence-corrected chi connectivity index (χ0v) is 11.2. The molecule has 0 saturated heterocycles. The average molecular weight is 307 g/mol. The molecule has 18 heavy (non-hydrogen) atoms. The van der Waals surface area contributed by atoms with Gasteiger partial charge in [0.1, 0.15) is 6.33 Å². The smallest absolute Gasteiger partial charge is 0.152 e. The van der Waals surface area contributed by atoms with E-state index in [9.17, 15) is 4.79 Å². The lowest BCUT2D eigenvalue weighted by Gasteiger charge is -2.29. The molecule has 0 N–H and O–H groups in total. The van der Waals surface area contributed by atoms with Crippen LogP contribution in [-0.4, -0.2) is 27.6 Å². The van der Waals surface area contributed by atoms with Crippen LogP contribution in [0.3, 0.4) is 0 Å². The van der Waals surface area contributed by atoms with Gasteiger partial charge >= 0.3 is 0 Å². The van der Waals surface area contributed by atoms with E-state index in [1.807, 2.05) is 22.8 Å². The van der Waals surface area contributed by atoms with E-state index in [-0.39, 0.29) is 0 Å². The number of hydrogen-bond acceptors (Lipinski definition) is 4. The molecule has 0 atom stereocenters. The first-order valence-electron chi connectivity index (χ1n) is 5.64. The maximum atomic E-state index is 11.1. The average Bonchev–Trinajstić information content (AvgIpc) is 2.85. The second-order valence-corrected chi connectivity index (χ2v) is 5.10. The SMILES string of the molecule is O=Cc1cc(Br)ccc1N1CCn2cnnc2C1. The van der Waals surface area contributed by atoms with Crippen LogP contribution < -0.4 is 4.90 Å². The molecule has 0 radical (unpaired) electrons. The molecule has 0 spiro atoms. The monoisotopic (exact) mass is 306 g/mol. The first kappa shape index (κ1) is 11.4. The molecule has 0 bridgehead atoms. The van der Waals surface area contributed by atoms with Crippen LogP contribution in [0.15, 0.2) is 29.0 Å². The molecule has 0 unspecified atom stereocenters. The van der Waals surface area contributed by atoms with Crippen molar-refractivity contribution in [3.05, 3.63) is 40.4 Å². The Balaban J connectivity index is 1.95. The Morgan fingerprint density at radius 3 is 3.06 bits per heavy atom. The standard InChI is InChI=1S/C12H11BrN4O/c13-10-1-2-11(9(5-10)7-18)16-3-4-17-8-14-15-12(17)6-16/h1-2,5,7-8H,3-4,6H2. The molecule has 3 rings (SSSR count). The molecule has 1 aliphatic rings. The Labute approximate surface area is 113 Å². The first-order valence-corrected chi connectivity index (χ1v) is 6.43. The van der Waals surface area contributed by atoms with Crippen LogP contribution in [0, 0.1) is 0 Å². The van der Waals surface area contributed by atoms with Gasteiger partial charge < -0.3 is 9.47 Å². The van der Waals surface area contributed by atoms with Crippen LogP contribution >= 0.6 is 15.9 Å². The van der Waals surface area contributed by atoms with Gasteiger partial charge in [0.15, 0.2) is 12.1 Å². The van der Waals surface area contributed by atoms with Crippen molar-refractivity contribution in [3.63, 3.8) is 0 Å². The number of carbonyl (C=O) groups excluding carboxylic acids is 1. The largest absolute Gasteiger partial charge is 0.362 e. The fourth-order valence-electron chi connectivity index (χ4n) is 2.18. The molecule has 5 nitrogen and oxygen atoms in total. The highest BCUT2D eigenvalue weighted by molar-refractivity contribution is 9.10. The van der Waals surface area contributed by atoms with Gasteiger partial charge in [0.05, 0.1) is 6.54 Å². The highest BCUT2D eigenvalue weighted by atomic mass is 79.9. The Morgan fingerprint density at radius 1 is 1.33 bits per heavy atom. The molecule has 1 aliphatic heterocycles. The van der Waals surface area contributed by atoms with Crippen LogP contribution in [0.5, 0.6) is 0 Å². The van der Waals surface area contributed by atoms with Crippen LogP contribution in [0.4, 0.5) is 5.69 Å². The summed E-state index contributed by atoms with van der Waals surface area (Å²) in [4.78, 5) is 13.3. The number of halogens is 1. The molecular formula is C12H11BrN4O. The van der Waals surface area contributed by atoms with Crippen molar-refractivity contribution in [2.45, 2.75) is 13.1 Å². The number of hydrogen-bond donors (Lipinski definition) is 0. The van der Waals surface area contributed by atoms with Crippen molar-refractivity contribution in [1.82, 2.24) is 14.8 Å². The molecule has 6 heteroatoms. The third-order valence-electron chi connectivity index (χ3n) is 3.10. The van der Waals surface area contributed by atoms with Gasteiger partial charge in [0.25, 0.3) is 0 Å². The molecule has 92 valence electrons. The van der Waals surface area contributed by atoms with E-state index < -0.39 is 0 Å². The van der Waals surface area contributed by atoms with E-state index in [4.69, 9.17) is 0 Å². The van der Waals surface area contributed by atoms with E-state index in [2.05, 4.69) is 31.0 Å². The third kappa shape index (κ3) is 1.92. The lowest BCUT2D eigenvalue weighted by atomic mass is 10.1. The highest BCUT2D eigenvalue weighted by Gasteiger charge is 2.19. The summed E-state index contributed by atoms with van der Waals surface area (Å²) in [6.07, 6.45) is 2.63. The lowest BCUT2D eigenvalue weighted by Crippen LogP contribution is -2.34. The van der Waals surface area contributed by atoms with Crippen LogP contribution in [-0.2, 0) is 13.1 Å². The highest BCUT2D eigenvalue weighted by Crippen LogP contribution is 2.26. The molecular weight excluding hydrogens is 296 g/mol. The van der Waals surface area contributed by atoms with Gasteiger partial charge in [0.2, 0.25) is 0 Å². The summed E-state index contributed by atoms with van der Waals surface area (Å²) >= 11 is 3.38. The number of nitrogens with zero attached hydrogens (tertiary/aromatic N) is 4. The zero-order valence-electron chi connectivity index (χ0n) is 9.58. The summed E-state index contributed by atoms with van der Waals surface area (Å²) in [5.41, 5.74) is 1.64. The van der Waals surface area contributed by atoms with Crippen molar-refractivity contribution in [3.8, 4) is 0 Å². The second-order valence-electron chi connectivity index (χ2n) is 4.18. The molecule has 0 fully saturated rings. The van der Waals surface area contributed by atoms with Crippen molar-refractivity contribution < 1.29 is 4.79 Å². The van der Waals surface area contributed by atoms with E-state index in [1.165, 1.54) is 0 Å². The van der Waals surface area contributed by atoms with Gasteiger partial charge in [-0.15, -0.1) is 10.2 Å². The fraction of sp³-hybridized carbons (Fsp3) is 0.250. The summed E-state index contributed by atoms with van der Waals surface area (Å²) in [5.74, 6) is 0.931. The predicted octanol–water partition coefficient (Wildman–Crippen LogP) is 1.87. The summed E-state index contributed by atoms with van der Waals surface area (Å²) in [7, 11) is 0. The van der Waals surface area contributed by atoms with E-state index in [1.54, 1.807) is 6.33 Å². The van der Waals surface area contributed by atoms with Gasteiger partial charge in [0, 0.05) is 28.8 Å². The van der Waals surface area contributed by atoms with E-state index in [0.717, 1.165) is 35.4 Å². The minimum Gasteiger partial charge on any atom is -0.362 e. The molecule has 1 aromatic heterocycles. The number of rotatable bonds is 2. The molecule has 0 saturated carbocycles. The van der Waals surface area contributed by atoms with Gasteiger partial charge in [-0.05, 0) is 18.2 Å². The molecule has 0 amide bonds. The van der Waals surface area contributed by atoms with Crippen LogP contribution in [0.2, 0.25) is 0 Å². The zero-order chi connectivity index (χ0) is 12.5. The predicted molar refractivity (Wildman–Crippen MR) is 70.6 cm³/mol. The summed E-state index contributed by atoms with van der Waals surface area (Å²) < 4.78 is 2.95. The van der Waals surface area contributed by atoms with Crippen molar-refractivity contribution in [1.29, 1.82) is 0 Å². The van der Waals surface area contributed by atoms with Crippen LogP contribution in [0.25, 0.3) is 0 Å². The van der Waals surface area contributed by atoms with Gasteiger partial charge in [-0.3, -0.25) is 4.79 Å². The fourth-order valence-corrected chi connectivity index (χ4v) is 2.56. The Bertz CT molecular complexity index is 596. The maximum Gasteiger partial charge on any atom is 0.152 e. The van der Waals surface area contributed by atoms with E-state index >= 15 is 0 Å². The minimum atomic E-state index is 0.683. The quantitative estimate of drug-likeness (QED) is 0.795. The summed E-state index contributed by atoms with van der Waals surface area (Å²) in [6.45, 7) is 2.38. The minimum absolute atomic E-state index is 0.683. The van der Waals surface area contributed by atoms with E-state index in [0.29, 0.717) is 12.1 Å². The van der Waals surface area contributed by atoms with Crippen molar-refractivity contribution >= 4 is 27.9 Å². The lowest BCUT2D eigenvalue weighted by molar-refractivity contribution is 0.112. The number of carbonyl (C=O) groups is 1. The summed E-state index contributed by atoms with van der Waals surface area (Å²) in [6, 6.07) is 5.74. The first-order chi connectivity index (χ1) is 8.78. The molecule has 2 heterocycles. The second kappa shape index (κ2) is 4.53. The third-order valence-corrected chi connectivity index (χ3v) is 3.59. The summed E-state index contributed by atoms with van der Waals surface area (Å²) in [5, 5.41) is 7.98. The van der Waals surface area contributed by atoms with Gasteiger partial charge in [-0.1, -0.05) is 15.9 Å². The topological polar surface area (TPSA) is 51.0 Å². The number of aromatic nitrogens is 3. The number of aldehydes is 1. The molecule has 1 aromatic carbocycles. The molecule has 0 aliphatic carbocycles. The number of fused-ring (bicyclic) bond motifs is 1. The van der Waals surface area contributed by atoms with Gasteiger partial charge in [-0.2, -0.15) is 0 Å². The number of anilines is 1. The van der Waals surface area contributed by atoms with Gasteiger partial charge in [-0.25, -0.2) is 0 Å². The van der Waals surface area contributed by atoms with Crippen molar-refractivity contribution in [2.75, 3.05) is 11.4 Å². The van der Waals surface area contributed by atoms with Crippen molar-refractivity contribution in [2.24, 2.45) is 0 Å². The number of benzene rings is 1.